The van der Waals surface area contributed by atoms with Crippen molar-refractivity contribution >= 4 is 11.9 Å². The summed E-state index contributed by atoms with van der Waals surface area (Å²) in [7, 11) is 0. The van der Waals surface area contributed by atoms with Gasteiger partial charge in [0.25, 0.3) is 0 Å². The lowest BCUT2D eigenvalue weighted by atomic mass is 9.75. The van der Waals surface area contributed by atoms with E-state index in [2.05, 4.69) is 5.32 Å². The Hall–Kier alpha value is -1.06. The molecule has 0 radical (unpaired) electrons. The predicted molar refractivity (Wildman–Crippen MR) is 47.1 cm³/mol. The van der Waals surface area contributed by atoms with Gasteiger partial charge in [0, 0.05) is 0 Å². The molecule has 2 N–H and O–H groups in total. The van der Waals surface area contributed by atoms with E-state index in [0.29, 0.717) is 0 Å². The summed E-state index contributed by atoms with van der Waals surface area (Å²) in [5.74, 6) is -1.29. The molecule has 0 aliphatic carbocycles. The average Bonchev–Trinajstić information content (AvgIpc) is 1.97. The lowest BCUT2D eigenvalue weighted by Gasteiger charge is -2.41. The molecule has 74 valence electrons. The molecule has 1 rings (SSSR count). The number of rotatable bonds is 3. The minimum absolute atomic E-state index is 0.0203. The van der Waals surface area contributed by atoms with E-state index in [4.69, 9.17) is 5.11 Å². The highest BCUT2D eigenvalue weighted by molar-refractivity contribution is 5.88. The van der Waals surface area contributed by atoms with Crippen LogP contribution in [0.2, 0.25) is 0 Å². The van der Waals surface area contributed by atoms with Crippen LogP contribution in [0.1, 0.15) is 20.8 Å². The fourth-order valence-electron chi connectivity index (χ4n) is 1.72. The second kappa shape index (κ2) is 3.36. The van der Waals surface area contributed by atoms with Crippen LogP contribution in [0.4, 0.5) is 0 Å². The number of hydrogen-bond acceptors (Lipinski definition) is 2. The van der Waals surface area contributed by atoms with Crippen LogP contribution in [-0.4, -0.2) is 23.0 Å². The number of hydrogen-bond donors (Lipinski definition) is 2. The Balaban J connectivity index is 2.64. The summed E-state index contributed by atoms with van der Waals surface area (Å²) in [6, 6.07) is -0.190. The monoisotopic (exact) mass is 185 g/mol. The Morgan fingerprint density at radius 3 is 2.31 bits per heavy atom. The van der Waals surface area contributed by atoms with E-state index in [-0.39, 0.29) is 23.8 Å². The molecule has 0 aromatic heterocycles. The number of carbonyl (C=O) groups excluding carboxylic acids is 1. The number of nitrogens with one attached hydrogen (secondary N) is 1. The summed E-state index contributed by atoms with van der Waals surface area (Å²) >= 11 is 0. The largest absolute Gasteiger partial charge is 0.481 e. The second-order valence-corrected chi connectivity index (χ2v) is 3.93. The van der Waals surface area contributed by atoms with Crippen LogP contribution in [0.3, 0.4) is 0 Å². The van der Waals surface area contributed by atoms with Crippen molar-refractivity contribution in [1.29, 1.82) is 0 Å². The zero-order valence-corrected chi connectivity index (χ0v) is 8.07. The van der Waals surface area contributed by atoms with Gasteiger partial charge in [-0.15, -0.1) is 0 Å². The van der Waals surface area contributed by atoms with Crippen LogP contribution in [0.25, 0.3) is 0 Å². The molecule has 1 heterocycles. The summed E-state index contributed by atoms with van der Waals surface area (Å²) in [4.78, 5) is 21.8. The molecule has 4 heteroatoms. The molecule has 13 heavy (non-hydrogen) atoms. The number of amides is 1. The Bertz CT molecular complexity index is 237. The topological polar surface area (TPSA) is 66.4 Å². The summed E-state index contributed by atoms with van der Waals surface area (Å²) < 4.78 is 0. The third kappa shape index (κ3) is 1.66. The second-order valence-electron chi connectivity index (χ2n) is 3.93. The third-order valence-corrected chi connectivity index (χ3v) is 2.65. The normalized spacial score (nSPS) is 29.4. The van der Waals surface area contributed by atoms with Crippen molar-refractivity contribution < 1.29 is 14.7 Å². The lowest BCUT2D eigenvalue weighted by molar-refractivity contribution is -0.149. The Morgan fingerprint density at radius 2 is 2.00 bits per heavy atom. The number of carbonyl (C=O) groups is 2. The molecule has 1 unspecified atom stereocenters. The predicted octanol–water partition coefficient (Wildman–Crippen LogP) is 0.478. The highest BCUT2D eigenvalue weighted by Crippen LogP contribution is 2.28. The van der Waals surface area contributed by atoms with Gasteiger partial charge >= 0.3 is 5.97 Å². The summed E-state index contributed by atoms with van der Waals surface area (Å²) in [5, 5.41) is 11.4. The van der Waals surface area contributed by atoms with Crippen molar-refractivity contribution in [1.82, 2.24) is 5.32 Å². The van der Waals surface area contributed by atoms with E-state index >= 15 is 0 Å². The van der Waals surface area contributed by atoms with Crippen molar-refractivity contribution in [2.24, 2.45) is 17.8 Å². The first-order chi connectivity index (χ1) is 5.95. The average molecular weight is 185 g/mol. The van der Waals surface area contributed by atoms with Gasteiger partial charge in [-0.1, -0.05) is 13.8 Å². The fourth-order valence-corrected chi connectivity index (χ4v) is 1.72. The molecule has 1 aliphatic heterocycles. The van der Waals surface area contributed by atoms with E-state index in [1.807, 2.05) is 13.8 Å². The van der Waals surface area contributed by atoms with Crippen LogP contribution < -0.4 is 5.32 Å². The Morgan fingerprint density at radius 1 is 1.46 bits per heavy atom. The molecule has 0 saturated carbocycles. The number of carboxylic acid groups (broad SMARTS) is 1. The first kappa shape index (κ1) is 10.0. The smallest absolute Gasteiger partial charge is 0.308 e. The lowest BCUT2D eigenvalue weighted by Crippen LogP contribution is -2.63. The maximum Gasteiger partial charge on any atom is 0.308 e. The van der Waals surface area contributed by atoms with Gasteiger partial charge in [-0.2, -0.15) is 0 Å². The number of β-lactam (4-membered cyclic amide) rings is 1. The molecular weight excluding hydrogens is 170 g/mol. The zero-order chi connectivity index (χ0) is 10.2. The molecule has 3 atom stereocenters. The van der Waals surface area contributed by atoms with Crippen LogP contribution in [-0.2, 0) is 9.59 Å². The van der Waals surface area contributed by atoms with E-state index in [1.165, 1.54) is 0 Å². The molecule has 1 saturated heterocycles. The Kier molecular flexibility index (Phi) is 2.59. The molecule has 0 aromatic carbocycles. The van der Waals surface area contributed by atoms with Gasteiger partial charge in [-0.05, 0) is 12.8 Å². The molecule has 0 spiro atoms. The van der Waals surface area contributed by atoms with Gasteiger partial charge in [-0.25, -0.2) is 0 Å². The number of aliphatic carboxylic acids is 1. The SMILES string of the molecule is CC(C)[C@H]1C(=O)NC1[C@@H](C)C(=O)O. The minimum Gasteiger partial charge on any atom is -0.481 e. The highest BCUT2D eigenvalue weighted by Gasteiger charge is 2.45. The summed E-state index contributed by atoms with van der Waals surface area (Å²) in [6.07, 6.45) is 0. The van der Waals surface area contributed by atoms with Crippen LogP contribution >= 0.6 is 0 Å². The van der Waals surface area contributed by atoms with Crippen molar-refractivity contribution in [2.45, 2.75) is 26.8 Å². The standard InChI is InChI=1S/C9H15NO3/c1-4(2)6-7(10-8(6)11)5(3)9(12)13/h4-7H,1-3H3,(H,10,11)(H,12,13)/t5-,6-,7?/m1/s1. The van der Waals surface area contributed by atoms with Gasteiger partial charge in [0.2, 0.25) is 5.91 Å². The molecular formula is C9H15NO3. The summed E-state index contributed by atoms with van der Waals surface area (Å²) in [5.41, 5.74) is 0. The summed E-state index contributed by atoms with van der Waals surface area (Å²) in [6.45, 7) is 5.50. The van der Waals surface area contributed by atoms with Crippen molar-refractivity contribution in [2.75, 3.05) is 0 Å². The van der Waals surface area contributed by atoms with Crippen LogP contribution in [0.15, 0.2) is 0 Å². The van der Waals surface area contributed by atoms with Gasteiger partial charge in [0.15, 0.2) is 0 Å². The highest BCUT2D eigenvalue weighted by atomic mass is 16.4. The fraction of sp³-hybridized carbons (Fsp3) is 0.778. The molecule has 0 aromatic rings. The van der Waals surface area contributed by atoms with E-state index < -0.39 is 11.9 Å². The minimum atomic E-state index is -0.851. The van der Waals surface area contributed by atoms with Gasteiger partial charge < -0.3 is 10.4 Å². The van der Waals surface area contributed by atoms with Crippen molar-refractivity contribution in [3.05, 3.63) is 0 Å². The van der Waals surface area contributed by atoms with E-state index in [0.717, 1.165) is 0 Å². The van der Waals surface area contributed by atoms with Crippen molar-refractivity contribution in [3.63, 3.8) is 0 Å². The quantitative estimate of drug-likeness (QED) is 0.628. The maximum atomic E-state index is 11.1. The van der Waals surface area contributed by atoms with Crippen LogP contribution in [0, 0.1) is 17.8 Å². The molecule has 0 bridgehead atoms. The van der Waals surface area contributed by atoms with E-state index in [9.17, 15) is 9.59 Å². The maximum absolute atomic E-state index is 11.1. The van der Waals surface area contributed by atoms with E-state index in [1.54, 1.807) is 6.92 Å². The first-order valence-corrected chi connectivity index (χ1v) is 4.48. The molecule has 1 fully saturated rings. The van der Waals surface area contributed by atoms with Gasteiger partial charge in [0.05, 0.1) is 17.9 Å². The number of carboxylic acids is 1. The molecule has 1 amide bonds. The molecule has 1 aliphatic rings. The third-order valence-electron chi connectivity index (χ3n) is 2.65. The van der Waals surface area contributed by atoms with Gasteiger partial charge in [0.1, 0.15) is 0 Å². The molecule has 4 nitrogen and oxygen atoms in total. The first-order valence-electron chi connectivity index (χ1n) is 4.48. The van der Waals surface area contributed by atoms with Gasteiger partial charge in [-0.3, -0.25) is 9.59 Å². The van der Waals surface area contributed by atoms with Crippen molar-refractivity contribution in [3.8, 4) is 0 Å². The Labute approximate surface area is 77.3 Å². The zero-order valence-electron chi connectivity index (χ0n) is 8.07. The van der Waals surface area contributed by atoms with Crippen LogP contribution in [0.5, 0.6) is 0 Å².